The van der Waals surface area contributed by atoms with E-state index < -0.39 is 0 Å². The second-order valence-electron chi connectivity index (χ2n) is 6.15. The van der Waals surface area contributed by atoms with Crippen molar-refractivity contribution in [2.75, 3.05) is 5.32 Å². The quantitative estimate of drug-likeness (QED) is 0.766. The van der Waals surface area contributed by atoms with Gasteiger partial charge >= 0.3 is 0 Å². The van der Waals surface area contributed by atoms with Crippen LogP contribution >= 0.6 is 0 Å². The summed E-state index contributed by atoms with van der Waals surface area (Å²) >= 11 is 0. The zero-order valence-corrected chi connectivity index (χ0v) is 14.0. The number of carbonyl (C=O) groups is 1. The van der Waals surface area contributed by atoms with Gasteiger partial charge in [0, 0.05) is 22.7 Å². The lowest BCUT2D eigenvalue weighted by Crippen LogP contribution is -2.12. The van der Waals surface area contributed by atoms with Gasteiger partial charge in [0.05, 0.1) is 17.1 Å². The van der Waals surface area contributed by atoms with Crippen molar-refractivity contribution in [3.8, 4) is 6.07 Å². The SMILES string of the molecule is CC(C)c1cc(=O)[nH]c2cc(NC(=O)c3ccc(C#N)cc3)ccc12. The maximum Gasteiger partial charge on any atom is 0.255 e. The summed E-state index contributed by atoms with van der Waals surface area (Å²) in [5, 5.41) is 12.6. The van der Waals surface area contributed by atoms with Gasteiger partial charge in [-0.05, 0) is 47.9 Å². The minimum absolute atomic E-state index is 0.160. The number of nitriles is 1. The fraction of sp³-hybridized carbons (Fsp3) is 0.150. The summed E-state index contributed by atoms with van der Waals surface area (Å²) in [5.74, 6) is -0.0462. The number of fused-ring (bicyclic) bond motifs is 1. The highest BCUT2D eigenvalue weighted by Gasteiger charge is 2.10. The van der Waals surface area contributed by atoms with Crippen LogP contribution in [0.3, 0.4) is 0 Å². The predicted octanol–water partition coefficient (Wildman–Crippen LogP) is 3.78. The molecular formula is C20H17N3O2. The number of rotatable bonds is 3. The van der Waals surface area contributed by atoms with Gasteiger partial charge in [-0.1, -0.05) is 19.9 Å². The molecule has 124 valence electrons. The topological polar surface area (TPSA) is 85.8 Å². The van der Waals surface area contributed by atoms with Crippen molar-refractivity contribution >= 4 is 22.5 Å². The molecule has 0 aliphatic heterocycles. The van der Waals surface area contributed by atoms with Crippen LogP contribution in [-0.2, 0) is 0 Å². The molecule has 0 saturated carbocycles. The summed E-state index contributed by atoms with van der Waals surface area (Å²) in [5.41, 5.74) is 3.06. The molecule has 25 heavy (non-hydrogen) atoms. The molecule has 5 nitrogen and oxygen atoms in total. The first-order valence-corrected chi connectivity index (χ1v) is 7.96. The van der Waals surface area contributed by atoms with Crippen LogP contribution < -0.4 is 10.9 Å². The minimum Gasteiger partial charge on any atom is -0.322 e. The molecule has 0 aliphatic rings. The highest BCUT2D eigenvalue weighted by molar-refractivity contribution is 6.05. The molecule has 0 fully saturated rings. The lowest BCUT2D eigenvalue weighted by Gasteiger charge is -2.11. The van der Waals surface area contributed by atoms with E-state index in [4.69, 9.17) is 5.26 Å². The number of anilines is 1. The fourth-order valence-corrected chi connectivity index (χ4v) is 2.74. The highest BCUT2D eigenvalue weighted by atomic mass is 16.1. The zero-order chi connectivity index (χ0) is 18.0. The summed E-state index contributed by atoms with van der Waals surface area (Å²) in [6, 6.07) is 15.5. The number of carbonyl (C=O) groups excluding carboxylic acids is 1. The average molecular weight is 331 g/mol. The number of pyridine rings is 1. The maximum absolute atomic E-state index is 12.3. The van der Waals surface area contributed by atoms with Gasteiger partial charge in [-0.2, -0.15) is 5.26 Å². The Morgan fingerprint density at radius 3 is 2.48 bits per heavy atom. The van der Waals surface area contributed by atoms with Crippen LogP contribution in [-0.4, -0.2) is 10.9 Å². The van der Waals surface area contributed by atoms with Gasteiger partial charge in [0.25, 0.3) is 5.91 Å². The monoisotopic (exact) mass is 331 g/mol. The minimum atomic E-state index is -0.272. The lowest BCUT2D eigenvalue weighted by atomic mass is 9.99. The van der Waals surface area contributed by atoms with Crippen LogP contribution in [0.4, 0.5) is 5.69 Å². The van der Waals surface area contributed by atoms with E-state index in [1.54, 1.807) is 36.4 Å². The highest BCUT2D eigenvalue weighted by Crippen LogP contribution is 2.25. The molecule has 0 atom stereocenters. The number of H-pyrrole nitrogens is 1. The Morgan fingerprint density at radius 2 is 1.84 bits per heavy atom. The molecule has 5 heteroatoms. The summed E-state index contributed by atoms with van der Waals surface area (Å²) in [6.07, 6.45) is 0. The number of hydrogen-bond donors (Lipinski definition) is 2. The number of aromatic amines is 1. The Kier molecular flexibility index (Phi) is 4.36. The Bertz CT molecular complexity index is 1040. The third kappa shape index (κ3) is 3.43. The molecule has 0 saturated heterocycles. The van der Waals surface area contributed by atoms with Crippen LogP contribution in [0.5, 0.6) is 0 Å². The maximum atomic E-state index is 12.3. The van der Waals surface area contributed by atoms with E-state index in [0.29, 0.717) is 22.3 Å². The summed E-state index contributed by atoms with van der Waals surface area (Å²) in [6.45, 7) is 4.07. The second kappa shape index (κ2) is 6.62. The third-order valence-corrected chi connectivity index (χ3v) is 4.03. The summed E-state index contributed by atoms with van der Waals surface area (Å²) < 4.78 is 0. The molecule has 2 aromatic carbocycles. The molecule has 0 radical (unpaired) electrons. The van der Waals surface area contributed by atoms with Crippen molar-refractivity contribution in [1.29, 1.82) is 5.26 Å². The van der Waals surface area contributed by atoms with E-state index in [-0.39, 0.29) is 17.4 Å². The van der Waals surface area contributed by atoms with E-state index in [2.05, 4.69) is 10.3 Å². The van der Waals surface area contributed by atoms with E-state index in [9.17, 15) is 9.59 Å². The van der Waals surface area contributed by atoms with Gasteiger partial charge in [0.1, 0.15) is 0 Å². The van der Waals surface area contributed by atoms with Crippen LogP contribution in [0.15, 0.2) is 53.3 Å². The van der Waals surface area contributed by atoms with Gasteiger partial charge in [0.2, 0.25) is 5.56 Å². The van der Waals surface area contributed by atoms with Crippen molar-refractivity contribution in [3.63, 3.8) is 0 Å². The molecule has 3 rings (SSSR count). The molecule has 1 heterocycles. The second-order valence-corrected chi connectivity index (χ2v) is 6.15. The van der Waals surface area contributed by atoms with Crippen LogP contribution in [0, 0.1) is 11.3 Å². The largest absolute Gasteiger partial charge is 0.322 e. The van der Waals surface area contributed by atoms with Gasteiger partial charge in [0.15, 0.2) is 0 Å². The number of nitrogens with zero attached hydrogens (tertiary/aromatic N) is 1. The standard InChI is InChI=1S/C20H17N3O2/c1-12(2)17-10-19(24)23-18-9-15(7-8-16(17)18)22-20(25)14-5-3-13(11-21)4-6-14/h3-10,12H,1-2H3,(H,22,25)(H,23,24). The molecule has 0 spiro atoms. The third-order valence-electron chi connectivity index (χ3n) is 4.03. The van der Waals surface area contributed by atoms with Gasteiger partial charge in [-0.25, -0.2) is 0 Å². The first-order valence-electron chi connectivity index (χ1n) is 7.96. The Labute approximate surface area is 144 Å². The Balaban J connectivity index is 1.92. The van der Waals surface area contributed by atoms with Crippen molar-refractivity contribution < 1.29 is 4.79 Å². The smallest absolute Gasteiger partial charge is 0.255 e. The average Bonchev–Trinajstić information content (AvgIpc) is 2.60. The van der Waals surface area contributed by atoms with Crippen LogP contribution in [0.25, 0.3) is 10.9 Å². The zero-order valence-electron chi connectivity index (χ0n) is 14.0. The van der Waals surface area contributed by atoms with E-state index in [1.807, 2.05) is 32.0 Å². The molecular weight excluding hydrogens is 314 g/mol. The van der Waals surface area contributed by atoms with E-state index in [0.717, 1.165) is 10.9 Å². The van der Waals surface area contributed by atoms with Crippen molar-refractivity contribution in [2.45, 2.75) is 19.8 Å². The van der Waals surface area contributed by atoms with Crippen LogP contribution in [0.2, 0.25) is 0 Å². The van der Waals surface area contributed by atoms with Gasteiger partial charge in [-0.15, -0.1) is 0 Å². The number of nitrogens with one attached hydrogen (secondary N) is 2. The Hall–Kier alpha value is -3.39. The first kappa shape index (κ1) is 16.5. The molecule has 0 aliphatic carbocycles. The molecule has 3 aromatic rings. The number of benzene rings is 2. The number of amides is 1. The van der Waals surface area contributed by atoms with Gasteiger partial charge < -0.3 is 10.3 Å². The lowest BCUT2D eigenvalue weighted by molar-refractivity contribution is 0.102. The normalized spacial score (nSPS) is 10.6. The molecule has 1 aromatic heterocycles. The number of hydrogen-bond acceptors (Lipinski definition) is 3. The summed E-state index contributed by atoms with van der Waals surface area (Å²) in [4.78, 5) is 27.0. The first-order chi connectivity index (χ1) is 12.0. The molecule has 1 amide bonds. The van der Waals surface area contributed by atoms with Crippen molar-refractivity contribution in [2.24, 2.45) is 0 Å². The molecule has 0 bridgehead atoms. The summed E-state index contributed by atoms with van der Waals surface area (Å²) in [7, 11) is 0. The molecule has 0 unspecified atom stereocenters. The predicted molar refractivity (Wildman–Crippen MR) is 97.8 cm³/mol. The van der Waals surface area contributed by atoms with Crippen LogP contribution in [0.1, 0.15) is 41.3 Å². The van der Waals surface area contributed by atoms with Crippen molar-refractivity contribution in [3.05, 3.63) is 75.6 Å². The van der Waals surface area contributed by atoms with E-state index >= 15 is 0 Å². The fourth-order valence-electron chi connectivity index (χ4n) is 2.74. The van der Waals surface area contributed by atoms with Crippen molar-refractivity contribution in [1.82, 2.24) is 4.98 Å². The van der Waals surface area contributed by atoms with E-state index in [1.165, 1.54) is 0 Å². The molecule has 2 N–H and O–H groups in total. The van der Waals surface area contributed by atoms with Gasteiger partial charge in [-0.3, -0.25) is 9.59 Å². The Morgan fingerprint density at radius 1 is 1.12 bits per heavy atom. The number of aromatic nitrogens is 1.